The summed E-state index contributed by atoms with van der Waals surface area (Å²) in [4.78, 5) is 41.8. The minimum atomic E-state index is -0.789. The lowest BCUT2D eigenvalue weighted by molar-refractivity contribution is -0.123. The van der Waals surface area contributed by atoms with Gasteiger partial charge in [-0.3, -0.25) is 14.9 Å². The Hall–Kier alpha value is -2.97. The first-order valence-electron chi connectivity index (χ1n) is 7.03. The van der Waals surface area contributed by atoms with Crippen LogP contribution in [0.3, 0.4) is 0 Å². The summed E-state index contributed by atoms with van der Waals surface area (Å²) < 4.78 is 13.1. The summed E-state index contributed by atoms with van der Waals surface area (Å²) in [5, 5.41) is 7.14. The standard InChI is InChI=1S/C14H14FN5O3/c15-7-1-2-8-10(5-7)18-11(17-8)6-16-13(22)9-3-4-12(21)20-14(23)19-9/h1-2,5,9H,3-4,6H2,(H,16,22)(H,17,18)(H2,19,20,21,23). The molecule has 3 rings (SSSR count). The van der Waals surface area contributed by atoms with Gasteiger partial charge in [-0.05, 0) is 24.6 Å². The third-order valence-corrected chi connectivity index (χ3v) is 3.46. The zero-order valence-electron chi connectivity index (χ0n) is 12.0. The second-order valence-corrected chi connectivity index (χ2v) is 5.18. The van der Waals surface area contributed by atoms with Crippen LogP contribution < -0.4 is 16.0 Å². The smallest absolute Gasteiger partial charge is 0.322 e. The molecule has 8 nitrogen and oxygen atoms in total. The molecule has 1 aromatic heterocycles. The second-order valence-electron chi connectivity index (χ2n) is 5.18. The van der Waals surface area contributed by atoms with Gasteiger partial charge in [0, 0.05) is 6.42 Å². The Bertz CT molecular complexity index is 788. The van der Waals surface area contributed by atoms with Crippen LogP contribution in [0.15, 0.2) is 18.2 Å². The van der Waals surface area contributed by atoms with E-state index in [2.05, 4.69) is 25.9 Å². The maximum atomic E-state index is 13.1. The van der Waals surface area contributed by atoms with Crippen LogP contribution in [0, 0.1) is 5.82 Å². The molecule has 4 amide bonds. The molecular formula is C14H14FN5O3. The van der Waals surface area contributed by atoms with Crippen LogP contribution in [-0.4, -0.2) is 33.9 Å². The molecule has 0 aliphatic carbocycles. The number of aromatic nitrogens is 2. The van der Waals surface area contributed by atoms with E-state index in [1.165, 1.54) is 18.2 Å². The molecule has 4 N–H and O–H groups in total. The molecule has 0 spiro atoms. The molecule has 9 heteroatoms. The fourth-order valence-electron chi connectivity index (χ4n) is 2.34. The first-order chi connectivity index (χ1) is 11.0. The van der Waals surface area contributed by atoms with Crippen LogP contribution in [-0.2, 0) is 16.1 Å². The van der Waals surface area contributed by atoms with Crippen molar-refractivity contribution in [1.29, 1.82) is 0 Å². The van der Waals surface area contributed by atoms with Crippen molar-refractivity contribution in [3.05, 3.63) is 29.8 Å². The highest BCUT2D eigenvalue weighted by Gasteiger charge is 2.25. The highest BCUT2D eigenvalue weighted by Crippen LogP contribution is 2.12. The molecule has 1 aliphatic rings. The molecule has 23 heavy (non-hydrogen) atoms. The lowest BCUT2D eigenvalue weighted by Gasteiger charge is -2.14. The lowest BCUT2D eigenvalue weighted by Crippen LogP contribution is -2.48. The van der Waals surface area contributed by atoms with Crippen LogP contribution in [0.1, 0.15) is 18.7 Å². The van der Waals surface area contributed by atoms with Crippen molar-refractivity contribution in [2.24, 2.45) is 0 Å². The molecule has 1 aromatic carbocycles. The van der Waals surface area contributed by atoms with Gasteiger partial charge in [0.2, 0.25) is 11.8 Å². The van der Waals surface area contributed by atoms with E-state index in [0.29, 0.717) is 16.9 Å². The summed E-state index contributed by atoms with van der Waals surface area (Å²) in [7, 11) is 0. The van der Waals surface area contributed by atoms with Crippen molar-refractivity contribution >= 4 is 28.9 Å². The van der Waals surface area contributed by atoms with Crippen molar-refractivity contribution in [1.82, 2.24) is 25.9 Å². The Kier molecular flexibility index (Phi) is 3.92. The number of imidazole rings is 1. The number of H-pyrrole nitrogens is 1. The number of fused-ring (bicyclic) bond motifs is 1. The summed E-state index contributed by atoms with van der Waals surface area (Å²) in [5.41, 5.74) is 1.13. The van der Waals surface area contributed by atoms with Gasteiger partial charge in [-0.1, -0.05) is 0 Å². The average Bonchev–Trinajstić information content (AvgIpc) is 2.82. The van der Waals surface area contributed by atoms with Crippen LogP contribution >= 0.6 is 0 Å². The zero-order valence-corrected chi connectivity index (χ0v) is 12.0. The number of nitrogens with one attached hydrogen (secondary N) is 4. The Morgan fingerprint density at radius 1 is 1.39 bits per heavy atom. The number of halogens is 1. The van der Waals surface area contributed by atoms with Gasteiger partial charge in [0.1, 0.15) is 17.7 Å². The highest BCUT2D eigenvalue weighted by molar-refractivity contribution is 5.98. The van der Waals surface area contributed by atoms with E-state index in [1.54, 1.807) is 0 Å². The molecule has 0 radical (unpaired) electrons. The van der Waals surface area contributed by atoms with E-state index in [9.17, 15) is 18.8 Å². The fourth-order valence-corrected chi connectivity index (χ4v) is 2.34. The van der Waals surface area contributed by atoms with Gasteiger partial charge in [-0.2, -0.15) is 0 Å². The van der Waals surface area contributed by atoms with E-state index < -0.39 is 23.9 Å². The Morgan fingerprint density at radius 3 is 3.04 bits per heavy atom. The van der Waals surface area contributed by atoms with Crippen LogP contribution in [0.2, 0.25) is 0 Å². The third kappa shape index (κ3) is 3.44. The lowest BCUT2D eigenvalue weighted by atomic mass is 10.1. The van der Waals surface area contributed by atoms with Gasteiger partial charge in [-0.15, -0.1) is 0 Å². The van der Waals surface area contributed by atoms with E-state index in [4.69, 9.17) is 0 Å². The maximum absolute atomic E-state index is 13.1. The Labute approximate surface area is 129 Å². The number of amides is 4. The molecule has 120 valence electrons. The number of benzene rings is 1. The van der Waals surface area contributed by atoms with Crippen molar-refractivity contribution in [2.45, 2.75) is 25.4 Å². The minimum Gasteiger partial charge on any atom is -0.347 e. The van der Waals surface area contributed by atoms with Gasteiger partial charge in [0.25, 0.3) is 0 Å². The summed E-state index contributed by atoms with van der Waals surface area (Å²) in [6.45, 7) is 0.100. The number of rotatable bonds is 3. The number of nitrogens with zero attached hydrogens (tertiary/aromatic N) is 1. The van der Waals surface area contributed by atoms with Gasteiger partial charge in [-0.25, -0.2) is 14.2 Å². The van der Waals surface area contributed by atoms with E-state index in [0.717, 1.165) is 0 Å². The number of carbonyl (C=O) groups is 3. The molecule has 1 fully saturated rings. The normalized spacial score (nSPS) is 18.2. The maximum Gasteiger partial charge on any atom is 0.322 e. The van der Waals surface area contributed by atoms with Crippen molar-refractivity contribution < 1.29 is 18.8 Å². The van der Waals surface area contributed by atoms with Gasteiger partial charge < -0.3 is 15.6 Å². The summed E-state index contributed by atoms with van der Waals surface area (Å²) in [6.07, 6.45) is 0.301. The summed E-state index contributed by atoms with van der Waals surface area (Å²) in [5.74, 6) is -0.748. The van der Waals surface area contributed by atoms with E-state index >= 15 is 0 Å². The first-order valence-corrected chi connectivity index (χ1v) is 7.03. The van der Waals surface area contributed by atoms with Gasteiger partial charge >= 0.3 is 6.03 Å². The molecule has 1 aliphatic heterocycles. The number of aromatic amines is 1. The molecule has 0 saturated carbocycles. The number of hydrogen-bond acceptors (Lipinski definition) is 4. The molecule has 2 aromatic rings. The van der Waals surface area contributed by atoms with Crippen LogP contribution in [0.4, 0.5) is 9.18 Å². The molecule has 1 saturated heterocycles. The zero-order chi connectivity index (χ0) is 16.4. The SMILES string of the molecule is O=C1CCC(C(=O)NCc2nc3ccc(F)cc3[nH]2)NC(=O)N1. The van der Waals surface area contributed by atoms with Crippen LogP contribution in [0.5, 0.6) is 0 Å². The predicted molar refractivity (Wildman–Crippen MR) is 77.6 cm³/mol. The Balaban J connectivity index is 1.63. The van der Waals surface area contributed by atoms with Crippen molar-refractivity contribution in [3.8, 4) is 0 Å². The van der Waals surface area contributed by atoms with Crippen molar-refractivity contribution in [3.63, 3.8) is 0 Å². The number of urea groups is 1. The molecule has 0 bridgehead atoms. The predicted octanol–water partition coefficient (Wildman–Crippen LogP) is 0.306. The minimum absolute atomic E-state index is 0.0841. The number of carbonyl (C=O) groups excluding carboxylic acids is 3. The largest absolute Gasteiger partial charge is 0.347 e. The van der Waals surface area contributed by atoms with Crippen molar-refractivity contribution in [2.75, 3.05) is 0 Å². The first kappa shape index (κ1) is 14.9. The number of imide groups is 1. The summed E-state index contributed by atoms with van der Waals surface area (Å²) in [6, 6.07) is 2.68. The summed E-state index contributed by atoms with van der Waals surface area (Å²) >= 11 is 0. The molecule has 1 unspecified atom stereocenters. The number of hydrogen-bond donors (Lipinski definition) is 4. The molecular weight excluding hydrogens is 305 g/mol. The van der Waals surface area contributed by atoms with E-state index in [-0.39, 0.29) is 25.2 Å². The quantitative estimate of drug-likeness (QED) is 0.651. The Morgan fingerprint density at radius 2 is 2.22 bits per heavy atom. The van der Waals surface area contributed by atoms with Gasteiger partial charge in [0.15, 0.2) is 0 Å². The third-order valence-electron chi connectivity index (χ3n) is 3.46. The highest BCUT2D eigenvalue weighted by atomic mass is 19.1. The molecule has 2 heterocycles. The monoisotopic (exact) mass is 319 g/mol. The topological polar surface area (TPSA) is 116 Å². The van der Waals surface area contributed by atoms with E-state index in [1.807, 2.05) is 0 Å². The fraction of sp³-hybridized carbons (Fsp3) is 0.286. The average molecular weight is 319 g/mol. The van der Waals surface area contributed by atoms with Crippen LogP contribution in [0.25, 0.3) is 11.0 Å². The molecule has 1 atom stereocenters. The second kappa shape index (κ2) is 6.03. The van der Waals surface area contributed by atoms with Gasteiger partial charge in [0.05, 0.1) is 17.6 Å².